The number of sulfonamides is 1. The van der Waals surface area contributed by atoms with Crippen LogP contribution in [0.5, 0.6) is 5.75 Å². The number of hydrogen-bond donors (Lipinski definition) is 1. The summed E-state index contributed by atoms with van der Waals surface area (Å²) >= 11 is 0. The van der Waals surface area contributed by atoms with Crippen molar-refractivity contribution in [2.24, 2.45) is 0 Å². The first-order valence-corrected chi connectivity index (χ1v) is 10.6. The van der Waals surface area contributed by atoms with Crippen molar-refractivity contribution in [1.82, 2.24) is 4.31 Å². The van der Waals surface area contributed by atoms with E-state index in [2.05, 4.69) is 10.1 Å². The molecule has 1 atom stereocenters. The minimum atomic E-state index is -4.88. The number of halogens is 6. The first kappa shape index (κ1) is 23.9. The van der Waals surface area contributed by atoms with Gasteiger partial charge in [0.2, 0.25) is 15.9 Å². The third-order valence-corrected chi connectivity index (χ3v) is 6.53. The molecule has 174 valence electrons. The van der Waals surface area contributed by atoms with Gasteiger partial charge in [0.25, 0.3) is 0 Å². The lowest BCUT2D eigenvalue weighted by Gasteiger charge is -2.24. The van der Waals surface area contributed by atoms with E-state index in [0.29, 0.717) is 12.5 Å². The zero-order valence-electron chi connectivity index (χ0n) is 16.1. The molecule has 1 heterocycles. The summed E-state index contributed by atoms with van der Waals surface area (Å²) in [5, 5.41) is 2.40. The highest BCUT2D eigenvalue weighted by molar-refractivity contribution is 7.89. The summed E-state index contributed by atoms with van der Waals surface area (Å²) in [6.07, 6.45) is -9.20. The van der Waals surface area contributed by atoms with Crippen LogP contribution < -0.4 is 10.1 Å². The Morgan fingerprint density at radius 1 is 1.03 bits per heavy atom. The van der Waals surface area contributed by atoms with Crippen LogP contribution in [0.4, 0.5) is 32.0 Å². The smallest absolute Gasteiger partial charge is 0.406 e. The molecule has 2 aromatic carbocycles. The van der Waals surface area contributed by atoms with Gasteiger partial charge in [0.1, 0.15) is 11.8 Å². The molecular formula is C19H16F6N2O4S. The van der Waals surface area contributed by atoms with E-state index in [-0.39, 0.29) is 18.7 Å². The predicted molar refractivity (Wildman–Crippen MR) is 100 cm³/mol. The highest BCUT2D eigenvalue weighted by atomic mass is 32.2. The lowest BCUT2D eigenvalue weighted by atomic mass is 10.2. The molecule has 0 bridgehead atoms. The van der Waals surface area contributed by atoms with E-state index < -0.39 is 50.7 Å². The van der Waals surface area contributed by atoms with E-state index in [4.69, 9.17) is 0 Å². The summed E-state index contributed by atoms with van der Waals surface area (Å²) in [5.74, 6) is -1.27. The van der Waals surface area contributed by atoms with Crippen molar-refractivity contribution in [3.8, 4) is 5.75 Å². The van der Waals surface area contributed by atoms with Crippen molar-refractivity contribution in [1.29, 1.82) is 0 Å². The van der Waals surface area contributed by atoms with Gasteiger partial charge in [-0.2, -0.15) is 17.5 Å². The lowest BCUT2D eigenvalue weighted by Crippen LogP contribution is -2.43. The number of nitrogens with one attached hydrogen (secondary N) is 1. The largest absolute Gasteiger partial charge is 0.573 e. The molecule has 0 unspecified atom stereocenters. The van der Waals surface area contributed by atoms with Gasteiger partial charge in [0.05, 0.1) is 10.5 Å². The molecule has 3 rings (SSSR count). The van der Waals surface area contributed by atoms with Gasteiger partial charge in [0.15, 0.2) is 0 Å². The number of anilines is 1. The monoisotopic (exact) mass is 482 g/mol. The predicted octanol–water partition coefficient (Wildman–Crippen LogP) is 4.40. The molecule has 2 aromatic rings. The van der Waals surface area contributed by atoms with Crippen molar-refractivity contribution in [2.45, 2.75) is 36.3 Å². The molecule has 0 saturated carbocycles. The van der Waals surface area contributed by atoms with Gasteiger partial charge >= 0.3 is 12.5 Å². The summed E-state index contributed by atoms with van der Waals surface area (Å²) in [6.45, 7) is -0.0744. The maximum absolute atomic E-state index is 13.0. The molecule has 0 spiro atoms. The van der Waals surface area contributed by atoms with Crippen molar-refractivity contribution < 1.29 is 44.3 Å². The number of amides is 1. The summed E-state index contributed by atoms with van der Waals surface area (Å²) < 4.78 is 106. The van der Waals surface area contributed by atoms with E-state index in [1.54, 1.807) is 0 Å². The Morgan fingerprint density at radius 3 is 2.28 bits per heavy atom. The molecule has 0 radical (unpaired) electrons. The number of alkyl halides is 6. The number of rotatable bonds is 5. The fourth-order valence-electron chi connectivity index (χ4n) is 3.22. The molecule has 1 amide bonds. The topological polar surface area (TPSA) is 75.7 Å². The van der Waals surface area contributed by atoms with E-state index in [9.17, 15) is 39.6 Å². The van der Waals surface area contributed by atoms with E-state index in [1.165, 1.54) is 0 Å². The number of nitrogens with zero attached hydrogens (tertiary/aromatic N) is 1. The maximum atomic E-state index is 13.0. The number of carbonyl (C=O) groups is 1. The first-order chi connectivity index (χ1) is 14.8. The Balaban J connectivity index is 1.77. The number of hydrogen-bond acceptors (Lipinski definition) is 4. The third kappa shape index (κ3) is 5.51. The van der Waals surface area contributed by atoms with Crippen LogP contribution in [0, 0.1) is 0 Å². The van der Waals surface area contributed by atoms with Crippen molar-refractivity contribution >= 4 is 21.6 Å². The van der Waals surface area contributed by atoms with Crippen LogP contribution in [0.25, 0.3) is 0 Å². The van der Waals surface area contributed by atoms with Gasteiger partial charge in [-0.25, -0.2) is 8.42 Å². The Morgan fingerprint density at radius 2 is 1.69 bits per heavy atom. The summed E-state index contributed by atoms with van der Waals surface area (Å²) in [4.78, 5) is 12.0. The van der Waals surface area contributed by atoms with Crippen LogP contribution in [0.3, 0.4) is 0 Å². The molecule has 1 fully saturated rings. The fourth-order valence-corrected chi connectivity index (χ4v) is 4.93. The van der Waals surface area contributed by atoms with Crippen molar-refractivity contribution in [3.05, 3.63) is 54.1 Å². The van der Waals surface area contributed by atoms with Gasteiger partial charge in [-0.05, 0) is 55.3 Å². The SMILES string of the molecule is O=C(Nc1ccc(OC(F)(F)F)cc1)[C@@H]1CCCN1S(=O)(=O)c1cccc(C(F)(F)F)c1. The van der Waals surface area contributed by atoms with Crippen LogP contribution in [-0.4, -0.2) is 37.6 Å². The highest BCUT2D eigenvalue weighted by Crippen LogP contribution is 2.33. The molecular weight excluding hydrogens is 466 g/mol. The lowest BCUT2D eigenvalue weighted by molar-refractivity contribution is -0.274. The standard InChI is InChI=1S/C19H16F6N2O4S/c20-18(21,22)12-3-1-4-15(11-12)32(29,30)27-10-2-5-16(27)17(28)26-13-6-8-14(9-7-13)31-19(23,24)25/h1,3-4,6-9,11,16H,2,5,10H2,(H,26,28)/t16-/m0/s1. The third-order valence-electron chi connectivity index (χ3n) is 4.63. The summed E-state index contributed by atoms with van der Waals surface area (Å²) in [7, 11) is -4.41. The van der Waals surface area contributed by atoms with Crippen LogP contribution in [0.2, 0.25) is 0 Å². The summed E-state index contributed by atoms with van der Waals surface area (Å²) in [6, 6.07) is 6.23. The van der Waals surface area contributed by atoms with Crippen LogP contribution >= 0.6 is 0 Å². The van der Waals surface area contributed by atoms with Crippen molar-refractivity contribution in [3.63, 3.8) is 0 Å². The van der Waals surface area contributed by atoms with Crippen LogP contribution in [0.1, 0.15) is 18.4 Å². The molecule has 0 aromatic heterocycles. The van der Waals surface area contributed by atoms with E-state index in [0.717, 1.165) is 46.8 Å². The van der Waals surface area contributed by atoms with Crippen LogP contribution in [0.15, 0.2) is 53.4 Å². The molecule has 1 aliphatic rings. The second kappa shape index (κ2) is 8.62. The maximum Gasteiger partial charge on any atom is 0.573 e. The van der Waals surface area contributed by atoms with Gasteiger partial charge < -0.3 is 10.1 Å². The van der Waals surface area contributed by atoms with E-state index in [1.807, 2.05) is 0 Å². The van der Waals surface area contributed by atoms with Gasteiger partial charge in [-0.1, -0.05) is 6.07 Å². The van der Waals surface area contributed by atoms with Gasteiger partial charge in [-0.15, -0.1) is 13.2 Å². The average molecular weight is 482 g/mol. The zero-order valence-corrected chi connectivity index (χ0v) is 16.9. The molecule has 1 N–H and O–H groups in total. The van der Waals surface area contributed by atoms with Crippen molar-refractivity contribution in [2.75, 3.05) is 11.9 Å². The second-order valence-corrected chi connectivity index (χ2v) is 8.75. The fraction of sp³-hybridized carbons (Fsp3) is 0.316. The Hall–Kier alpha value is -2.80. The summed E-state index contributed by atoms with van der Waals surface area (Å²) in [5.41, 5.74) is -1.05. The highest BCUT2D eigenvalue weighted by Gasteiger charge is 2.40. The number of benzene rings is 2. The zero-order chi connectivity index (χ0) is 23.7. The van der Waals surface area contributed by atoms with E-state index >= 15 is 0 Å². The molecule has 6 nitrogen and oxygen atoms in total. The Labute approximate surface area is 178 Å². The normalized spacial score (nSPS) is 17.9. The minimum absolute atomic E-state index is 0.0744. The Kier molecular flexibility index (Phi) is 6.43. The average Bonchev–Trinajstić information content (AvgIpc) is 3.19. The number of carbonyl (C=O) groups excluding carboxylic acids is 1. The van der Waals surface area contributed by atoms with Gasteiger partial charge in [-0.3, -0.25) is 4.79 Å². The molecule has 1 saturated heterocycles. The molecule has 32 heavy (non-hydrogen) atoms. The Bertz CT molecular complexity index is 1080. The van der Waals surface area contributed by atoms with Crippen LogP contribution in [-0.2, 0) is 21.0 Å². The molecule has 1 aliphatic heterocycles. The molecule has 0 aliphatic carbocycles. The molecule has 13 heteroatoms. The second-order valence-electron chi connectivity index (χ2n) is 6.86. The minimum Gasteiger partial charge on any atom is -0.406 e. The first-order valence-electron chi connectivity index (χ1n) is 9.13. The quantitative estimate of drug-likeness (QED) is 0.642. The van der Waals surface area contributed by atoms with Gasteiger partial charge in [0, 0.05) is 12.2 Å². The number of ether oxygens (including phenoxy) is 1.